The molecule has 2 nitrogen and oxygen atoms in total. The Bertz CT molecular complexity index is 162. The lowest BCUT2D eigenvalue weighted by Gasteiger charge is -2.50. The second kappa shape index (κ2) is 3.82. The Labute approximate surface area is 87.3 Å². The van der Waals surface area contributed by atoms with Crippen molar-refractivity contribution in [1.29, 1.82) is 0 Å². The van der Waals surface area contributed by atoms with Crippen LogP contribution >= 0.6 is 0 Å². The van der Waals surface area contributed by atoms with Crippen molar-refractivity contribution in [2.45, 2.75) is 57.0 Å². The summed E-state index contributed by atoms with van der Waals surface area (Å²) in [4.78, 5) is 5.48. The van der Waals surface area contributed by atoms with Crippen LogP contribution in [0.3, 0.4) is 0 Å². The Morgan fingerprint density at radius 1 is 0.714 bits per heavy atom. The van der Waals surface area contributed by atoms with Crippen molar-refractivity contribution < 1.29 is 0 Å². The second-order valence-electron chi connectivity index (χ2n) is 5.30. The topological polar surface area (TPSA) is 6.48 Å². The van der Waals surface area contributed by atoms with Gasteiger partial charge in [0.05, 0.1) is 6.67 Å². The van der Waals surface area contributed by atoms with Gasteiger partial charge in [-0.05, 0) is 45.2 Å². The summed E-state index contributed by atoms with van der Waals surface area (Å²) in [5.41, 5.74) is 0. The highest BCUT2D eigenvalue weighted by atomic mass is 15.4. The van der Waals surface area contributed by atoms with Gasteiger partial charge in [0.1, 0.15) is 0 Å². The Morgan fingerprint density at radius 2 is 1.29 bits per heavy atom. The predicted molar refractivity (Wildman–Crippen MR) is 58.2 cm³/mol. The van der Waals surface area contributed by atoms with Crippen molar-refractivity contribution in [3.8, 4) is 0 Å². The minimum absolute atomic E-state index is 0.947. The molecular weight excluding hydrogens is 172 g/mol. The van der Waals surface area contributed by atoms with Gasteiger partial charge in [0.2, 0.25) is 0 Å². The molecular formula is C12H22N2. The van der Waals surface area contributed by atoms with E-state index in [-0.39, 0.29) is 0 Å². The van der Waals surface area contributed by atoms with Gasteiger partial charge in [-0.3, -0.25) is 9.80 Å². The van der Waals surface area contributed by atoms with Crippen LogP contribution in [0.5, 0.6) is 0 Å². The van der Waals surface area contributed by atoms with E-state index in [4.69, 9.17) is 0 Å². The summed E-state index contributed by atoms with van der Waals surface area (Å²) < 4.78 is 0. The molecule has 80 valence electrons. The highest BCUT2D eigenvalue weighted by molar-refractivity contribution is 4.90. The molecule has 3 rings (SSSR count). The molecule has 0 aromatic carbocycles. The first kappa shape index (κ1) is 9.17. The third-order valence-electron chi connectivity index (χ3n) is 4.41. The molecule has 0 bridgehead atoms. The summed E-state index contributed by atoms with van der Waals surface area (Å²) in [5.74, 6) is 0. The molecule has 0 saturated carbocycles. The van der Waals surface area contributed by atoms with E-state index in [0.717, 1.165) is 12.1 Å². The number of fused-ring (bicyclic) bond motifs is 2. The van der Waals surface area contributed by atoms with Crippen LogP contribution in [-0.2, 0) is 0 Å². The molecule has 3 aliphatic rings. The van der Waals surface area contributed by atoms with Crippen molar-refractivity contribution in [3.05, 3.63) is 0 Å². The van der Waals surface area contributed by atoms with Crippen LogP contribution in [0.2, 0.25) is 0 Å². The Kier molecular flexibility index (Phi) is 2.50. The molecule has 2 atom stereocenters. The number of piperidine rings is 2. The van der Waals surface area contributed by atoms with E-state index in [0.29, 0.717) is 0 Å². The van der Waals surface area contributed by atoms with Gasteiger partial charge in [0.25, 0.3) is 0 Å². The highest BCUT2D eigenvalue weighted by Crippen LogP contribution is 2.31. The smallest absolute Gasteiger partial charge is 0.0511 e. The zero-order valence-electron chi connectivity index (χ0n) is 9.12. The molecule has 0 aromatic rings. The monoisotopic (exact) mass is 194 g/mol. The average molecular weight is 194 g/mol. The first-order chi connectivity index (χ1) is 6.93. The van der Waals surface area contributed by atoms with Crippen LogP contribution in [0.25, 0.3) is 0 Å². The molecule has 0 aromatic heterocycles. The molecule has 0 N–H and O–H groups in total. The molecule has 2 heteroatoms. The maximum Gasteiger partial charge on any atom is 0.0511 e. The van der Waals surface area contributed by atoms with E-state index in [2.05, 4.69) is 9.80 Å². The summed E-state index contributed by atoms with van der Waals surface area (Å²) in [6, 6.07) is 1.89. The minimum Gasteiger partial charge on any atom is -0.287 e. The number of nitrogens with zero attached hydrogens (tertiary/aromatic N) is 2. The van der Waals surface area contributed by atoms with E-state index in [1.165, 1.54) is 64.7 Å². The van der Waals surface area contributed by atoms with Gasteiger partial charge < -0.3 is 0 Å². The third-order valence-corrected chi connectivity index (χ3v) is 4.41. The first-order valence-electron chi connectivity index (χ1n) is 6.41. The maximum atomic E-state index is 2.74. The lowest BCUT2D eigenvalue weighted by molar-refractivity contribution is -0.0336. The van der Waals surface area contributed by atoms with Crippen LogP contribution in [0, 0.1) is 0 Å². The summed E-state index contributed by atoms with van der Waals surface area (Å²) in [6.07, 6.45) is 10.3. The normalized spacial score (nSPS) is 40.3. The van der Waals surface area contributed by atoms with E-state index < -0.39 is 0 Å². The average Bonchev–Trinajstić information content (AvgIpc) is 2.26. The molecule has 3 saturated heterocycles. The van der Waals surface area contributed by atoms with Gasteiger partial charge in [-0.15, -0.1) is 0 Å². The van der Waals surface area contributed by atoms with E-state index in [9.17, 15) is 0 Å². The molecule has 0 aliphatic carbocycles. The van der Waals surface area contributed by atoms with Crippen LogP contribution in [0.1, 0.15) is 44.9 Å². The molecule has 0 radical (unpaired) electrons. The Hall–Kier alpha value is -0.0800. The first-order valence-corrected chi connectivity index (χ1v) is 6.41. The van der Waals surface area contributed by atoms with Crippen molar-refractivity contribution in [3.63, 3.8) is 0 Å². The molecule has 14 heavy (non-hydrogen) atoms. The summed E-state index contributed by atoms with van der Waals surface area (Å²) in [7, 11) is 0. The number of hydrogen-bond donors (Lipinski definition) is 0. The predicted octanol–water partition coefficient (Wildman–Crippen LogP) is 2.06. The van der Waals surface area contributed by atoms with Crippen molar-refractivity contribution in [1.82, 2.24) is 9.80 Å². The van der Waals surface area contributed by atoms with Crippen molar-refractivity contribution in [2.24, 2.45) is 0 Å². The molecule has 3 heterocycles. The number of rotatable bonds is 0. The van der Waals surface area contributed by atoms with E-state index in [1.54, 1.807) is 0 Å². The standard InChI is InChI=1S/C12H22N2/c1-3-7-13-10-14-8-4-2-6-12(14)9-11(13)5-1/h11-12H,1-10H2. The van der Waals surface area contributed by atoms with Gasteiger partial charge in [-0.1, -0.05) is 12.8 Å². The fourth-order valence-corrected chi connectivity index (χ4v) is 3.57. The maximum absolute atomic E-state index is 2.74. The van der Waals surface area contributed by atoms with Gasteiger partial charge in [-0.2, -0.15) is 0 Å². The molecule has 0 spiro atoms. The molecule has 0 amide bonds. The number of hydrogen-bond acceptors (Lipinski definition) is 2. The fourth-order valence-electron chi connectivity index (χ4n) is 3.57. The summed E-state index contributed by atoms with van der Waals surface area (Å²) in [5, 5.41) is 0. The quantitative estimate of drug-likeness (QED) is 0.582. The van der Waals surface area contributed by atoms with Gasteiger partial charge >= 0.3 is 0 Å². The highest BCUT2D eigenvalue weighted by Gasteiger charge is 2.35. The minimum atomic E-state index is 0.947. The Morgan fingerprint density at radius 3 is 1.86 bits per heavy atom. The Balaban J connectivity index is 1.68. The van der Waals surface area contributed by atoms with Crippen LogP contribution < -0.4 is 0 Å². The zero-order valence-corrected chi connectivity index (χ0v) is 9.12. The lowest BCUT2D eigenvalue weighted by Crippen LogP contribution is -2.57. The summed E-state index contributed by atoms with van der Waals surface area (Å²) in [6.45, 7) is 4.02. The van der Waals surface area contributed by atoms with Gasteiger partial charge in [0, 0.05) is 12.1 Å². The van der Waals surface area contributed by atoms with Gasteiger partial charge in [-0.25, -0.2) is 0 Å². The van der Waals surface area contributed by atoms with Gasteiger partial charge in [0.15, 0.2) is 0 Å². The third kappa shape index (κ3) is 1.59. The van der Waals surface area contributed by atoms with Crippen LogP contribution in [-0.4, -0.2) is 41.6 Å². The fraction of sp³-hybridized carbons (Fsp3) is 1.00. The van der Waals surface area contributed by atoms with Crippen molar-refractivity contribution in [2.75, 3.05) is 19.8 Å². The van der Waals surface area contributed by atoms with Crippen LogP contribution in [0.4, 0.5) is 0 Å². The van der Waals surface area contributed by atoms with Crippen LogP contribution in [0.15, 0.2) is 0 Å². The largest absolute Gasteiger partial charge is 0.287 e. The molecule has 3 fully saturated rings. The second-order valence-corrected chi connectivity index (χ2v) is 5.30. The lowest BCUT2D eigenvalue weighted by atomic mass is 9.89. The zero-order chi connectivity index (χ0) is 9.38. The summed E-state index contributed by atoms with van der Waals surface area (Å²) >= 11 is 0. The SMILES string of the molecule is C1CCN2CN3CCCCC3CC2C1. The molecule has 3 aliphatic heterocycles. The van der Waals surface area contributed by atoms with Crippen molar-refractivity contribution >= 4 is 0 Å². The van der Waals surface area contributed by atoms with E-state index in [1.807, 2.05) is 0 Å². The molecule has 2 unspecified atom stereocenters. The van der Waals surface area contributed by atoms with E-state index >= 15 is 0 Å².